The lowest BCUT2D eigenvalue weighted by Gasteiger charge is -2.27. The van der Waals surface area contributed by atoms with Crippen LogP contribution in [0.5, 0.6) is 0 Å². The molecule has 1 saturated heterocycles. The third kappa shape index (κ3) is 2.59. The van der Waals surface area contributed by atoms with E-state index in [9.17, 15) is 8.42 Å². The molecule has 0 aliphatic carbocycles. The second-order valence-corrected chi connectivity index (χ2v) is 7.25. The molecule has 1 aromatic heterocycles. The van der Waals surface area contributed by atoms with Crippen LogP contribution in [-0.4, -0.2) is 29.0 Å². The van der Waals surface area contributed by atoms with Gasteiger partial charge in [0.2, 0.25) is 0 Å². The van der Waals surface area contributed by atoms with Crippen LogP contribution in [0.3, 0.4) is 0 Å². The van der Waals surface area contributed by atoms with E-state index in [-0.39, 0.29) is 5.75 Å². The van der Waals surface area contributed by atoms with E-state index in [2.05, 4.69) is 11.9 Å². The molecule has 0 radical (unpaired) electrons. The zero-order chi connectivity index (χ0) is 13.2. The van der Waals surface area contributed by atoms with Gasteiger partial charge in [0.1, 0.15) is 5.82 Å². The highest BCUT2D eigenvalue weighted by Crippen LogP contribution is 2.28. The number of nitrogens with two attached hydrogens (primary N) is 1. The highest BCUT2D eigenvalue weighted by Gasteiger charge is 2.36. The second kappa shape index (κ2) is 5.40. The number of rotatable bonds is 4. The van der Waals surface area contributed by atoms with E-state index in [1.54, 1.807) is 6.20 Å². The largest absolute Gasteiger partial charge is 0.334 e. The van der Waals surface area contributed by atoms with E-state index in [1.807, 2.05) is 10.8 Å². The summed E-state index contributed by atoms with van der Waals surface area (Å²) in [6, 6.07) is -0.503. The van der Waals surface area contributed by atoms with Crippen molar-refractivity contribution in [3.05, 3.63) is 18.2 Å². The van der Waals surface area contributed by atoms with Crippen molar-refractivity contribution in [2.45, 2.75) is 50.4 Å². The van der Waals surface area contributed by atoms with E-state index in [1.165, 1.54) is 0 Å². The molecule has 1 fully saturated rings. The number of hydrogen-bond acceptors (Lipinski definition) is 4. The smallest absolute Gasteiger partial charge is 0.155 e. The van der Waals surface area contributed by atoms with Crippen LogP contribution >= 0.6 is 0 Å². The Balaban J connectivity index is 2.24. The highest BCUT2D eigenvalue weighted by molar-refractivity contribution is 7.92. The number of nitrogens with zero attached hydrogens (tertiary/aromatic N) is 2. The van der Waals surface area contributed by atoms with Gasteiger partial charge in [-0.25, -0.2) is 13.4 Å². The standard InChI is InChI=1S/C12H21N3O2S/c1-2-7-15-8-6-14-12(15)11(13)10-5-3-4-9-18(10,16)17/h6,8,10-11H,2-5,7,9,13H2,1H3. The van der Waals surface area contributed by atoms with E-state index < -0.39 is 21.1 Å². The zero-order valence-corrected chi connectivity index (χ0v) is 11.6. The monoisotopic (exact) mass is 271 g/mol. The minimum atomic E-state index is -3.06. The number of sulfone groups is 1. The number of aromatic nitrogens is 2. The Hall–Kier alpha value is -0.880. The van der Waals surface area contributed by atoms with Crippen LogP contribution < -0.4 is 5.73 Å². The van der Waals surface area contributed by atoms with Crippen LogP contribution in [-0.2, 0) is 16.4 Å². The molecule has 0 spiro atoms. The summed E-state index contributed by atoms with van der Waals surface area (Å²) in [5.41, 5.74) is 6.16. The molecule has 2 atom stereocenters. The van der Waals surface area contributed by atoms with Crippen molar-refractivity contribution in [2.75, 3.05) is 5.75 Å². The first-order valence-electron chi connectivity index (χ1n) is 6.54. The van der Waals surface area contributed by atoms with Crippen molar-refractivity contribution in [3.63, 3.8) is 0 Å². The zero-order valence-electron chi connectivity index (χ0n) is 10.7. The number of imidazole rings is 1. The Labute approximate surface area is 108 Å². The summed E-state index contributed by atoms with van der Waals surface area (Å²) in [6.45, 7) is 2.91. The molecule has 0 saturated carbocycles. The van der Waals surface area contributed by atoms with Crippen molar-refractivity contribution >= 4 is 9.84 Å². The molecule has 1 aromatic rings. The summed E-state index contributed by atoms with van der Waals surface area (Å²) < 4.78 is 26.1. The van der Waals surface area contributed by atoms with E-state index in [4.69, 9.17) is 5.73 Å². The van der Waals surface area contributed by atoms with Crippen molar-refractivity contribution in [2.24, 2.45) is 5.73 Å². The molecule has 18 heavy (non-hydrogen) atoms. The molecule has 2 N–H and O–H groups in total. The molecule has 2 heterocycles. The van der Waals surface area contributed by atoms with Crippen molar-refractivity contribution in [1.29, 1.82) is 0 Å². The summed E-state index contributed by atoms with van der Waals surface area (Å²) >= 11 is 0. The Morgan fingerprint density at radius 1 is 1.56 bits per heavy atom. The molecule has 1 aliphatic heterocycles. The molecule has 0 bridgehead atoms. The van der Waals surface area contributed by atoms with Gasteiger partial charge in [0.15, 0.2) is 9.84 Å². The normalized spacial score (nSPS) is 24.9. The molecule has 102 valence electrons. The molecular formula is C12H21N3O2S. The lowest BCUT2D eigenvalue weighted by molar-refractivity contribution is 0.480. The minimum Gasteiger partial charge on any atom is -0.334 e. The van der Waals surface area contributed by atoms with Gasteiger partial charge in [-0.05, 0) is 19.3 Å². The Kier molecular flexibility index (Phi) is 4.07. The van der Waals surface area contributed by atoms with Crippen molar-refractivity contribution < 1.29 is 8.42 Å². The maximum atomic E-state index is 12.1. The van der Waals surface area contributed by atoms with Crippen molar-refractivity contribution in [1.82, 2.24) is 9.55 Å². The van der Waals surface area contributed by atoms with Crippen LogP contribution in [0.1, 0.15) is 44.5 Å². The van der Waals surface area contributed by atoms with Gasteiger partial charge < -0.3 is 10.3 Å². The number of aryl methyl sites for hydroxylation is 1. The molecule has 0 aromatic carbocycles. The average Bonchev–Trinajstić information content (AvgIpc) is 2.76. The third-order valence-corrected chi connectivity index (χ3v) is 5.85. The first kappa shape index (κ1) is 13.5. The molecule has 1 aliphatic rings. The Morgan fingerprint density at radius 3 is 3.00 bits per heavy atom. The lowest BCUT2D eigenvalue weighted by Crippen LogP contribution is -2.39. The van der Waals surface area contributed by atoms with E-state index >= 15 is 0 Å². The Morgan fingerprint density at radius 2 is 2.33 bits per heavy atom. The lowest BCUT2D eigenvalue weighted by atomic mass is 10.1. The second-order valence-electron chi connectivity index (χ2n) is 4.91. The maximum Gasteiger partial charge on any atom is 0.155 e. The SMILES string of the molecule is CCCn1ccnc1C(N)C1CCCCS1(=O)=O. The maximum absolute atomic E-state index is 12.1. The molecule has 6 heteroatoms. The van der Waals surface area contributed by atoms with Crippen LogP contribution in [0.25, 0.3) is 0 Å². The molecule has 0 amide bonds. The first-order chi connectivity index (χ1) is 8.56. The molecule has 2 unspecified atom stereocenters. The fraction of sp³-hybridized carbons (Fsp3) is 0.750. The third-order valence-electron chi connectivity index (χ3n) is 3.54. The van der Waals surface area contributed by atoms with Gasteiger partial charge in [-0.2, -0.15) is 0 Å². The fourth-order valence-electron chi connectivity index (χ4n) is 2.60. The molecule has 2 rings (SSSR count). The quantitative estimate of drug-likeness (QED) is 0.894. The number of hydrogen-bond donors (Lipinski definition) is 1. The van der Waals surface area contributed by atoms with Gasteiger partial charge >= 0.3 is 0 Å². The van der Waals surface area contributed by atoms with Crippen LogP contribution in [0.2, 0.25) is 0 Å². The van der Waals surface area contributed by atoms with E-state index in [0.717, 1.165) is 25.8 Å². The topological polar surface area (TPSA) is 78.0 Å². The summed E-state index contributed by atoms with van der Waals surface area (Å²) in [6.07, 6.45) is 6.89. The Bertz CT molecular complexity index is 495. The summed E-state index contributed by atoms with van der Waals surface area (Å²) in [4.78, 5) is 4.25. The minimum absolute atomic E-state index is 0.264. The van der Waals surface area contributed by atoms with Crippen LogP contribution in [0.15, 0.2) is 12.4 Å². The first-order valence-corrected chi connectivity index (χ1v) is 8.26. The van der Waals surface area contributed by atoms with Gasteiger partial charge in [0.25, 0.3) is 0 Å². The fourth-order valence-corrected chi connectivity index (χ4v) is 4.60. The van der Waals surface area contributed by atoms with Crippen LogP contribution in [0, 0.1) is 0 Å². The average molecular weight is 271 g/mol. The van der Waals surface area contributed by atoms with Crippen molar-refractivity contribution in [3.8, 4) is 0 Å². The van der Waals surface area contributed by atoms with Crippen LogP contribution in [0.4, 0.5) is 0 Å². The van der Waals surface area contributed by atoms with Gasteiger partial charge in [-0.3, -0.25) is 0 Å². The predicted octanol–water partition coefficient (Wildman–Crippen LogP) is 1.26. The molecule has 5 nitrogen and oxygen atoms in total. The summed E-state index contributed by atoms with van der Waals surface area (Å²) in [7, 11) is -3.06. The highest BCUT2D eigenvalue weighted by atomic mass is 32.2. The predicted molar refractivity (Wildman–Crippen MR) is 70.9 cm³/mol. The summed E-state index contributed by atoms with van der Waals surface area (Å²) in [5, 5.41) is -0.468. The molecular weight excluding hydrogens is 250 g/mol. The summed E-state index contributed by atoms with van der Waals surface area (Å²) in [5.74, 6) is 0.965. The van der Waals surface area contributed by atoms with Gasteiger partial charge in [0.05, 0.1) is 17.0 Å². The van der Waals surface area contributed by atoms with E-state index in [0.29, 0.717) is 12.2 Å². The van der Waals surface area contributed by atoms with Gasteiger partial charge in [0, 0.05) is 18.9 Å². The van der Waals surface area contributed by atoms with Gasteiger partial charge in [-0.15, -0.1) is 0 Å². The van der Waals surface area contributed by atoms with Gasteiger partial charge in [-0.1, -0.05) is 13.3 Å².